The Kier molecular flexibility index (Phi) is 7.87. The van der Waals surface area contributed by atoms with Crippen LogP contribution in [0.3, 0.4) is 0 Å². The van der Waals surface area contributed by atoms with Crippen molar-refractivity contribution in [2.24, 2.45) is 0 Å². The molecule has 2 rings (SSSR count). The van der Waals surface area contributed by atoms with Gasteiger partial charge in [-0.1, -0.05) is 15.9 Å². The SMILES string of the molecule is CC(C)(C)OC(=O)N[C@H](CNC(=O)O)C(c1nccs1)c1cnc(C(F)(F)F)cc1Br. The third kappa shape index (κ3) is 7.35. The number of halogens is 4. The van der Waals surface area contributed by atoms with Crippen molar-refractivity contribution in [3.63, 3.8) is 0 Å². The minimum absolute atomic E-state index is 0.0846. The largest absolute Gasteiger partial charge is 0.465 e. The smallest absolute Gasteiger partial charge is 0.433 e. The zero-order valence-corrected chi connectivity index (χ0v) is 19.1. The number of carbonyl (C=O) groups excluding carboxylic acids is 1. The lowest BCUT2D eigenvalue weighted by Gasteiger charge is -2.29. The lowest BCUT2D eigenvalue weighted by molar-refractivity contribution is -0.141. The second-order valence-electron chi connectivity index (χ2n) is 7.38. The van der Waals surface area contributed by atoms with Crippen molar-refractivity contribution >= 4 is 39.5 Å². The summed E-state index contributed by atoms with van der Waals surface area (Å²) in [4.78, 5) is 31.2. The van der Waals surface area contributed by atoms with E-state index in [4.69, 9.17) is 9.84 Å². The normalized spacial score (nSPS) is 13.9. The number of alkyl carbamates (subject to hydrolysis) is 1. The molecule has 2 heterocycles. The van der Waals surface area contributed by atoms with Crippen molar-refractivity contribution in [1.29, 1.82) is 0 Å². The van der Waals surface area contributed by atoms with Crippen molar-refractivity contribution in [1.82, 2.24) is 20.6 Å². The van der Waals surface area contributed by atoms with Crippen molar-refractivity contribution in [3.05, 3.63) is 44.6 Å². The van der Waals surface area contributed by atoms with E-state index in [0.717, 1.165) is 12.3 Å². The van der Waals surface area contributed by atoms with Crippen LogP contribution in [0.25, 0.3) is 0 Å². The van der Waals surface area contributed by atoms with Crippen molar-refractivity contribution in [2.75, 3.05) is 6.54 Å². The molecule has 0 bridgehead atoms. The Morgan fingerprint density at radius 1 is 1.29 bits per heavy atom. The first-order valence-corrected chi connectivity index (χ1v) is 10.5. The molecule has 170 valence electrons. The highest BCUT2D eigenvalue weighted by atomic mass is 79.9. The fourth-order valence-electron chi connectivity index (χ4n) is 2.64. The molecule has 0 aromatic carbocycles. The molecule has 8 nitrogen and oxygen atoms in total. The topological polar surface area (TPSA) is 113 Å². The predicted molar refractivity (Wildman–Crippen MR) is 110 cm³/mol. The van der Waals surface area contributed by atoms with Crippen LogP contribution >= 0.6 is 27.3 Å². The van der Waals surface area contributed by atoms with Crippen molar-refractivity contribution < 1.29 is 32.6 Å². The Balaban J connectivity index is 2.49. The molecule has 3 N–H and O–H groups in total. The fourth-order valence-corrected chi connectivity index (χ4v) is 4.03. The van der Waals surface area contributed by atoms with Gasteiger partial charge in [0.15, 0.2) is 0 Å². The summed E-state index contributed by atoms with van der Waals surface area (Å²) in [7, 11) is 0. The van der Waals surface area contributed by atoms with Gasteiger partial charge in [0.05, 0.1) is 12.0 Å². The summed E-state index contributed by atoms with van der Waals surface area (Å²) in [5, 5.41) is 15.9. The summed E-state index contributed by atoms with van der Waals surface area (Å²) < 4.78 is 44.4. The number of alkyl halides is 3. The predicted octanol–water partition coefficient (Wildman–Crippen LogP) is 4.61. The minimum Gasteiger partial charge on any atom is -0.465 e. The molecule has 1 unspecified atom stereocenters. The number of ether oxygens (including phenoxy) is 1. The van der Waals surface area contributed by atoms with E-state index < -0.39 is 41.6 Å². The maximum absolute atomic E-state index is 13.0. The number of pyridine rings is 1. The molecular formula is C18H20BrF3N4O4S. The molecule has 13 heteroatoms. The third-order valence-corrected chi connectivity index (χ3v) is 5.35. The Morgan fingerprint density at radius 2 is 1.97 bits per heavy atom. The van der Waals surface area contributed by atoms with Gasteiger partial charge >= 0.3 is 18.4 Å². The van der Waals surface area contributed by atoms with E-state index in [9.17, 15) is 22.8 Å². The number of hydrogen-bond acceptors (Lipinski definition) is 6. The molecule has 0 fully saturated rings. The zero-order valence-electron chi connectivity index (χ0n) is 16.7. The van der Waals surface area contributed by atoms with E-state index in [-0.39, 0.29) is 16.6 Å². The Hall–Kier alpha value is -2.41. The molecule has 2 atom stereocenters. The van der Waals surface area contributed by atoms with Crippen LogP contribution in [0, 0.1) is 0 Å². The average Bonchev–Trinajstić information content (AvgIpc) is 3.12. The minimum atomic E-state index is -4.64. The van der Waals surface area contributed by atoms with Crippen LogP contribution in [0.15, 0.2) is 28.3 Å². The standard InChI is InChI=1S/C18H20BrF3N4O4S/c1-17(2,3)30-16(29)26-11(8-25-15(27)28)13(14-23-4-5-31-14)9-7-24-12(6-10(9)19)18(20,21)22/h4-7,11,13,25H,8H2,1-3H3,(H,26,29)(H,27,28)/t11-,13?/m1/s1. The number of carboxylic acid groups (broad SMARTS) is 1. The Bertz CT molecular complexity index is 920. The van der Waals surface area contributed by atoms with Gasteiger partial charge in [0.1, 0.15) is 16.3 Å². The van der Waals surface area contributed by atoms with Gasteiger partial charge in [-0.3, -0.25) is 4.98 Å². The summed E-state index contributed by atoms with van der Waals surface area (Å²) in [6.07, 6.45) is -4.27. The molecule has 2 aromatic heterocycles. The van der Waals surface area contributed by atoms with Gasteiger partial charge in [-0.05, 0) is 32.4 Å². The van der Waals surface area contributed by atoms with Crippen molar-refractivity contribution in [3.8, 4) is 0 Å². The second-order valence-corrected chi connectivity index (χ2v) is 9.16. The highest BCUT2D eigenvalue weighted by Gasteiger charge is 2.36. The maximum Gasteiger partial charge on any atom is 0.433 e. The van der Waals surface area contributed by atoms with Crippen LogP contribution in [-0.2, 0) is 10.9 Å². The number of carbonyl (C=O) groups is 2. The molecule has 0 aliphatic heterocycles. The summed E-state index contributed by atoms with van der Waals surface area (Å²) in [5.41, 5.74) is -1.63. The summed E-state index contributed by atoms with van der Waals surface area (Å²) in [6, 6.07) is -0.114. The van der Waals surface area contributed by atoms with Crippen LogP contribution in [0.2, 0.25) is 0 Å². The average molecular weight is 525 g/mol. The number of aromatic nitrogens is 2. The van der Waals surface area contributed by atoms with Crippen LogP contribution in [0.1, 0.15) is 43.0 Å². The molecule has 0 saturated heterocycles. The van der Waals surface area contributed by atoms with Crippen LogP contribution in [0.4, 0.5) is 22.8 Å². The quantitative estimate of drug-likeness (QED) is 0.508. The molecule has 2 amide bonds. The van der Waals surface area contributed by atoms with Crippen molar-refractivity contribution in [2.45, 2.75) is 44.5 Å². The van der Waals surface area contributed by atoms with Gasteiger partial charge in [0, 0.05) is 28.8 Å². The monoisotopic (exact) mass is 524 g/mol. The Labute approximate surface area is 188 Å². The first kappa shape index (κ1) is 24.9. The maximum atomic E-state index is 13.0. The fraction of sp³-hybridized carbons (Fsp3) is 0.444. The highest BCUT2D eigenvalue weighted by Crippen LogP contribution is 2.37. The van der Waals surface area contributed by atoms with E-state index >= 15 is 0 Å². The molecule has 0 aliphatic rings. The molecular weight excluding hydrogens is 505 g/mol. The third-order valence-electron chi connectivity index (χ3n) is 3.80. The lowest BCUT2D eigenvalue weighted by atomic mass is 9.92. The number of nitrogens with one attached hydrogen (secondary N) is 2. The Morgan fingerprint density at radius 3 is 2.45 bits per heavy atom. The molecule has 0 spiro atoms. The molecule has 2 aromatic rings. The molecule has 0 radical (unpaired) electrons. The van der Waals surface area contributed by atoms with Gasteiger partial charge in [-0.2, -0.15) is 13.2 Å². The summed E-state index contributed by atoms with van der Waals surface area (Å²) in [6.45, 7) is 4.72. The lowest BCUT2D eigenvalue weighted by Crippen LogP contribution is -2.48. The van der Waals surface area contributed by atoms with Gasteiger partial charge in [-0.15, -0.1) is 11.3 Å². The number of nitrogens with zero attached hydrogens (tertiary/aromatic N) is 2. The summed E-state index contributed by atoms with van der Waals surface area (Å²) >= 11 is 4.34. The number of hydrogen-bond donors (Lipinski definition) is 3. The van der Waals surface area contributed by atoms with Gasteiger partial charge in [0.2, 0.25) is 0 Å². The van der Waals surface area contributed by atoms with Crippen LogP contribution in [-0.4, -0.2) is 45.4 Å². The number of rotatable bonds is 6. The number of amides is 2. The highest BCUT2D eigenvalue weighted by molar-refractivity contribution is 9.10. The molecule has 0 saturated carbocycles. The number of thiazole rings is 1. The van der Waals surface area contributed by atoms with Crippen LogP contribution < -0.4 is 10.6 Å². The molecule has 31 heavy (non-hydrogen) atoms. The summed E-state index contributed by atoms with van der Waals surface area (Å²) in [5.74, 6) is -0.816. The van der Waals surface area contributed by atoms with Gasteiger partial charge in [-0.25, -0.2) is 14.6 Å². The molecule has 0 aliphatic carbocycles. The second kappa shape index (κ2) is 9.81. The van der Waals surface area contributed by atoms with E-state index in [0.29, 0.717) is 5.01 Å². The zero-order chi connectivity index (χ0) is 23.4. The van der Waals surface area contributed by atoms with Crippen LogP contribution in [0.5, 0.6) is 0 Å². The van der Waals surface area contributed by atoms with E-state index in [1.54, 1.807) is 26.2 Å². The van der Waals surface area contributed by atoms with Gasteiger partial charge in [0.25, 0.3) is 0 Å². The van der Waals surface area contributed by atoms with Gasteiger partial charge < -0.3 is 20.5 Å². The first-order valence-electron chi connectivity index (χ1n) is 8.86. The van der Waals surface area contributed by atoms with E-state index in [1.807, 2.05) is 0 Å². The van der Waals surface area contributed by atoms with E-state index in [2.05, 4.69) is 36.5 Å². The van der Waals surface area contributed by atoms with E-state index in [1.165, 1.54) is 17.5 Å². The first-order chi connectivity index (χ1) is 14.3.